The van der Waals surface area contributed by atoms with Crippen LogP contribution in [0.2, 0.25) is 0 Å². The van der Waals surface area contributed by atoms with E-state index in [2.05, 4.69) is 6.92 Å². The van der Waals surface area contributed by atoms with Crippen LogP contribution in [0, 0.1) is 0 Å². The van der Waals surface area contributed by atoms with Gasteiger partial charge in [-0.05, 0) is 13.3 Å². The first kappa shape index (κ1) is 8.47. The molecule has 2 atom stereocenters. The predicted octanol–water partition coefficient (Wildman–Crippen LogP) is 2.51. The highest BCUT2D eigenvalue weighted by atomic mass is 33.1. The quantitative estimate of drug-likeness (QED) is 0.602. The molecule has 1 fully saturated rings. The maximum absolute atomic E-state index is 10.7. The average Bonchev–Trinajstić information content (AvgIpc) is 2.13. The Kier molecular flexibility index (Phi) is 3.11. The molecule has 1 saturated heterocycles. The number of ketones is 1. The highest BCUT2D eigenvalue weighted by Gasteiger charge is 2.23. The molecule has 1 aliphatic heterocycles. The van der Waals surface area contributed by atoms with Crippen molar-refractivity contribution in [3.8, 4) is 0 Å². The van der Waals surface area contributed by atoms with Crippen molar-refractivity contribution in [2.75, 3.05) is 0 Å². The van der Waals surface area contributed by atoms with E-state index < -0.39 is 0 Å². The van der Waals surface area contributed by atoms with Gasteiger partial charge in [0.1, 0.15) is 5.78 Å². The monoisotopic (exact) mass is 176 g/mol. The largest absolute Gasteiger partial charge is 0.300 e. The van der Waals surface area contributed by atoms with Gasteiger partial charge in [0, 0.05) is 16.9 Å². The van der Waals surface area contributed by atoms with Gasteiger partial charge >= 0.3 is 0 Å². The lowest BCUT2D eigenvalue weighted by Crippen LogP contribution is -2.05. The van der Waals surface area contributed by atoms with Gasteiger partial charge in [-0.2, -0.15) is 0 Å². The molecule has 0 aromatic heterocycles. The van der Waals surface area contributed by atoms with E-state index in [1.54, 1.807) is 6.92 Å². The lowest BCUT2D eigenvalue weighted by molar-refractivity contribution is -0.116. The minimum absolute atomic E-state index is 0.326. The molecule has 0 radical (unpaired) electrons. The van der Waals surface area contributed by atoms with E-state index in [4.69, 9.17) is 0 Å². The molecule has 1 nitrogen and oxygen atoms in total. The van der Waals surface area contributed by atoms with E-state index in [1.165, 1.54) is 6.42 Å². The van der Waals surface area contributed by atoms with E-state index in [1.807, 2.05) is 21.6 Å². The zero-order valence-corrected chi connectivity index (χ0v) is 7.93. The number of carbonyl (C=O) groups is 1. The van der Waals surface area contributed by atoms with Crippen molar-refractivity contribution in [2.24, 2.45) is 0 Å². The second-order valence-corrected chi connectivity index (χ2v) is 5.78. The SMILES string of the molecule is CC(=O)CC1CC(C)SS1. The summed E-state index contributed by atoms with van der Waals surface area (Å²) in [4.78, 5) is 10.7. The molecule has 1 aliphatic rings. The highest BCUT2D eigenvalue weighted by Crippen LogP contribution is 2.44. The van der Waals surface area contributed by atoms with Crippen molar-refractivity contribution < 1.29 is 4.79 Å². The van der Waals surface area contributed by atoms with E-state index in [0.717, 1.165) is 11.7 Å². The summed E-state index contributed by atoms with van der Waals surface area (Å²) in [6.45, 7) is 3.89. The van der Waals surface area contributed by atoms with E-state index >= 15 is 0 Å². The summed E-state index contributed by atoms with van der Waals surface area (Å²) >= 11 is 0. The molecule has 0 saturated carbocycles. The first-order valence-electron chi connectivity index (χ1n) is 3.50. The van der Waals surface area contributed by atoms with Crippen molar-refractivity contribution in [1.29, 1.82) is 0 Å². The molecule has 2 unspecified atom stereocenters. The summed E-state index contributed by atoms with van der Waals surface area (Å²) in [6, 6.07) is 0. The minimum Gasteiger partial charge on any atom is -0.300 e. The lowest BCUT2D eigenvalue weighted by atomic mass is 10.1. The second kappa shape index (κ2) is 3.67. The van der Waals surface area contributed by atoms with Crippen LogP contribution >= 0.6 is 21.6 Å². The van der Waals surface area contributed by atoms with Gasteiger partial charge < -0.3 is 0 Å². The summed E-state index contributed by atoms with van der Waals surface area (Å²) in [5, 5.41) is 1.34. The van der Waals surface area contributed by atoms with Crippen LogP contribution in [0.4, 0.5) is 0 Å². The van der Waals surface area contributed by atoms with Crippen LogP contribution in [0.15, 0.2) is 0 Å². The number of rotatable bonds is 2. The van der Waals surface area contributed by atoms with Gasteiger partial charge in [0.15, 0.2) is 0 Å². The van der Waals surface area contributed by atoms with Crippen molar-refractivity contribution in [3.05, 3.63) is 0 Å². The van der Waals surface area contributed by atoms with Gasteiger partial charge in [-0.15, -0.1) is 0 Å². The normalized spacial score (nSPS) is 32.6. The fourth-order valence-corrected chi connectivity index (χ4v) is 4.23. The highest BCUT2D eigenvalue weighted by molar-refractivity contribution is 8.77. The Hall–Kier alpha value is 0.370. The van der Waals surface area contributed by atoms with E-state index in [9.17, 15) is 4.79 Å². The first-order chi connectivity index (χ1) is 4.68. The van der Waals surface area contributed by atoms with Gasteiger partial charge in [-0.25, -0.2) is 0 Å². The third kappa shape index (κ3) is 2.54. The van der Waals surface area contributed by atoms with Crippen LogP contribution in [0.3, 0.4) is 0 Å². The molecule has 0 bridgehead atoms. The van der Waals surface area contributed by atoms with Crippen molar-refractivity contribution in [1.82, 2.24) is 0 Å². The smallest absolute Gasteiger partial charge is 0.130 e. The predicted molar refractivity (Wildman–Crippen MR) is 48.3 cm³/mol. The van der Waals surface area contributed by atoms with Crippen molar-refractivity contribution in [2.45, 2.75) is 37.2 Å². The van der Waals surface area contributed by atoms with E-state index in [0.29, 0.717) is 11.0 Å². The first-order valence-corrected chi connectivity index (χ1v) is 5.77. The molecular formula is C7H12OS2. The Morgan fingerprint density at radius 2 is 2.30 bits per heavy atom. The third-order valence-corrected chi connectivity index (χ3v) is 4.86. The molecule has 58 valence electrons. The van der Waals surface area contributed by atoms with Crippen LogP contribution in [0.25, 0.3) is 0 Å². The average molecular weight is 176 g/mol. The van der Waals surface area contributed by atoms with Crippen molar-refractivity contribution in [3.63, 3.8) is 0 Å². The summed E-state index contributed by atoms with van der Waals surface area (Å²) in [5.74, 6) is 0.326. The minimum atomic E-state index is 0.326. The van der Waals surface area contributed by atoms with Gasteiger partial charge in [0.2, 0.25) is 0 Å². The summed E-state index contributed by atoms with van der Waals surface area (Å²) < 4.78 is 0. The Morgan fingerprint density at radius 1 is 1.60 bits per heavy atom. The molecule has 0 aromatic carbocycles. The van der Waals surface area contributed by atoms with Crippen LogP contribution in [0.5, 0.6) is 0 Å². The molecule has 0 amide bonds. The molecule has 10 heavy (non-hydrogen) atoms. The Bertz CT molecular complexity index is 136. The van der Waals surface area contributed by atoms with Gasteiger partial charge in [0.05, 0.1) is 0 Å². The Balaban J connectivity index is 2.24. The topological polar surface area (TPSA) is 17.1 Å². The summed E-state index contributed by atoms with van der Waals surface area (Å²) in [5.41, 5.74) is 0. The zero-order valence-electron chi connectivity index (χ0n) is 6.29. The molecular weight excluding hydrogens is 164 g/mol. The van der Waals surface area contributed by atoms with Crippen LogP contribution in [-0.4, -0.2) is 16.3 Å². The van der Waals surface area contributed by atoms with Gasteiger partial charge in [-0.1, -0.05) is 28.5 Å². The van der Waals surface area contributed by atoms with Crippen LogP contribution in [0.1, 0.15) is 26.7 Å². The Morgan fingerprint density at radius 3 is 2.70 bits per heavy atom. The zero-order chi connectivity index (χ0) is 7.56. The lowest BCUT2D eigenvalue weighted by Gasteiger charge is -2.02. The number of hydrogen-bond acceptors (Lipinski definition) is 3. The maximum atomic E-state index is 10.7. The fraction of sp³-hybridized carbons (Fsp3) is 0.857. The molecule has 0 aromatic rings. The molecule has 1 heterocycles. The van der Waals surface area contributed by atoms with Crippen LogP contribution in [-0.2, 0) is 4.79 Å². The summed E-state index contributed by atoms with van der Waals surface area (Å²) in [7, 11) is 3.79. The van der Waals surface area contributed by atoms with E-state index in [-0.39, 0.29) is 0 Å². The summed E-state index contributed by atoms with van der Waals surface area (Å²) in [6.07, 6.45) is 1.97. The molecule has 0 aliphatic carbocycles. The molecule has 3 heteroatoms. The fourth-order valence-electron chi connectivity index (χ4n) is 1.06. The number of carbonyl (C=O) groups excluding carboxylic acids is 1. The number of Topliss-reactive ketones (excluding diaryl/α,β-unsaturated/α-hetero) is 1. The molecule has 0 N–H and O–H groups in total. The van der Waals surface area contributed by atoms with Crippen LogP contribution < -0.4 is 0 Å². The maximum Gasteiger partial charge on any atom is 0.130 e. The van der Waals surface area contributed by atoms with Gasteiger partial charge in [-0.3, -0.25) is 4.79 Å². The number of hydrogen-bond donors (Lipinski definition) is 0. The molecule has 0 spiro atoms. The standard InChI is InChI=1S/C7H12OS2/c1-5(8)3-7-4-6(2)9-10-7/h6-7H,3-4H2,1-2H3. The Labute approximate surface area is 69.7 Å². The third-order valence-electron chi connectivity index (χ3n) is 1.47. The van der Waals surface area contributed by atoms with Crippen molar-refractivity contribution >= 4 is 27.4 Å². The second-order valence-electron chi connectivity index (χ2n) is 2.77. The molecule has 1 rings (SSSR count). The van der Waals surface area contributed by atoms with Gasteiger partial charge in [0.25, 0.3) is 0 Å².